The van der Waals surface area contributed by atoms with Crippen LogP contribution in [-0.2, 0) is 10.2 Å². The molecule has 0 saturated carbocycles. The number of nitrogens with zero attached hydrogens (tertiary/aromatic N) is 4. The largest absolute Gasteiger partial charge is 0.494 e. The molecule has 0 fully saturated rings. The molecule has 10 nitrogen and oxygen atoms in total. The van der Waals surface area contributed by atoms with E-state index in [0.717, 1.165) is 16.8 Å². The zero-order valence-electron chi connectivity index (χ0n) is 23.8. The van der Waals surface area contributed by atoms with E-state index in [9.17, 15) is 14.4 Å². The van der Waals surface area contributed by atoms with Gasteiger partial charge in [-0.15, -0.1) is 5.10 Å². The van der Waals surface area contributed by atoms with Gasteiger partial charge >= 0.3 is 0 Å². The van der Waals surface area contributed by atoms with Gasteiger partial charge in [-0.25, -0.2) is 4.68 Å². The van der Waals surface area contributed by atoms with Crippen molar-refractivity contribution >= 4 is 29.1 Å². The molecule has 1 aliphatic heterocycles. The van der Waals surface area contributed by atoms with Gasteiger partial charge in [0.25, 0.3) is 11.8 Å². The van der Waals surface area contributed by atoms with Crippen molar-refractivity contribution in [2.75, 3.05) is 30.4 Å². The van der Waals surface area contributed by atoms with E-state index in [0.29, 0.717) is 35.8 Å². The van der Waals surface area contributed by atoms with E-state index >= 15 is 0 Å². The molecule has 2 heterocycles. The standard InChI is InChI=1S/C29H36N6O4/c1-17-9-10-19(11-23(17)35-14-22(32-33-35)27(38)30-15-28(3,4)5)26(37)31-21-12-20-24(13-25(21)39-8)34(18(2)36)16-29(20,6)7/h9-14H,15-16H2,1-8H3,(H,30,38)(H,31,37). The van der Waals surface area contributed by atoms with Gasteiger partial charge in [-0.2, -0.15) is 0 Å². The molecule has 4 rings (SSSR count). The van der Waals surface area contributed by atoms with Crippen LogP contribution in [0, 0.1) is 12.3 Å². The van der Waals surface area contributed by atoms with Gasteiger partial charge < -0.3 is 20.3 Å². The summed E-state index contributed by atoms with van der Waals surface area (Å²) in [5.74, 6) is -0.231. The molecule has 10 heteroatoms. The summed E-state index contributed by atoms with van der Waals surface area (Å²) in [6, 6.07) is 8.92. The second-order valence-electron chi connectivity index (χ2n) is 11.8. The minimum absolute atomic E-state index is 0.0456. The monoisotopic (exact) mass is 532 g/mol. The lowest BCUT2D eigenvalue weighted by Crippen LogP contribution is -2.32. The summed E-state index contributed by atoms with van der Waals surface area (Å²) in [6.45, 7) is 14.7. The Morgan fingerprint density at radius 2 is 1.79 bits per heavy atom. The van der Waals surface area contributed by atoms with Crippen LogP contribution in [0.4, 0.5) is 11.4 Å². The molecule has 3 aromatic rings. The first-order valence-electron chi connectivity index (χ1n) is 12.8. The second kappa shape index (κ2) is 10.2. The number of rotatable bonds is 6. The van der Waals surface area contributed by atoms with Crippen LogP contribution >= 0.6 is 0 Å². The summed E-state index contributed by atoms with van der Waals surface area (Å²) in [5.41, 5.74) is 3.99. The zero-order chi connectivity index (χ0) is 28.7. The van der Waals surface area contributed by atoms with Crippen molar-refractivity contribution in [3.63, 3.8) is 0 Å². The highest BCUT2D eigenvalue weighted by Gasteiger charge is 2.38. The minimum Gasteiger partial charge on any atom is -0.494 e. The maximum atomic E-state index is 13.4. The highest BCUT2D eigenvalue weighted by Crippen LogP contribution is 2.45. The molecule has 0 radical (unpaired) electrons. The zero-order valence-corrected chi connectivity index (χ0v) is 23.8. The molecule has 1 aliphatic rings. The maximum Gasteiger partial charge on any atom is 0.273 e. The van der Waals surface area contributed by atoms with Crippen molar-refractivity contribution in [1.82, 2.24) is 20.3 Å². The fourth-order valence-corrected chi connectivity index (χ4v) is 4.56. The van der Waals surface area contributed by atoms with Crippen LogP contribution in [0.2, 0.25) is 0 Å². The van der Waals surface area contributed by atoms with Crippen LogP contribution in [-0.4, -0.2) is 52.9 Å². The van der Waals surface area contributed by atoms with Gasteiger partial charge in [-0.1, -0.05) is 45.9 Å². The van der Waals surface area contributed by atoms with Gasteiger partial charge in [-0.3, -0.25) is 14.4 Å². The fourth-order valence-electron chi connectivity index (χ4n) is 4.56. The number of anilines is 2. The summed E-state index contributed by atoms with van der Waals surface area (Å²) in [6.07, 6.45) is 1.55. The third-order valence-electron chi connectivity index (χ3n) is 6.74. The van der Waals surface area contributed by atoms with Crippen LogP contribution in [0.15, 0.2) is 36.5 Å². The predicted octanol–water partition coefficient (Wildman–Crippen LogP) is 4.26. The molecular formula is C29H36N6O4. The van der Waals surface area contributed by atoms with Crippen molar-refractivity contribution in [3.8, 4) is 11.4 Å². The lowest BCUT2D eigenvalue weighted by molar-refractivity contribution is -0.116. The Kier molecular flexibility index (Phi) is 7.25. The molecule has 2 aromatic carbocycles. The third-order valence-corrected chi connectivity index (χ3v) is 6.74. The highest BCUT2D eigenvalue weighted by atomic mass is 16.5. The Bertz CT molecular complexity index is 1450. The molecule has 1 aromatic heterocycles. The molecule has 0 aliphatic carbocycles. The summed E-state index contributed by atoms with van der Waals surface area (Å²) in [7, 11) is 1.53. The number of methoxy groups -OCH3 is 1. The van der Waals surface area contributed by atoms with Crippen LogP contribution in [0.5, 0.6) is 5.75 Å². The van der Waals surface area contributed by atoms with E-state index in [1.807, 2.05) is 39.8 Å². The minimum atomic E-state index is -0.336. The Balaban J connectivity index is 1.60. The van der Waals surface area contributed by atoms with E-state index in [2.05, 4.69) is 34.8 Å². The molecule has 206 valence electrons. The molecule has 0 saturated heterocycles. The highest BCUT2D eigenvalue weighted by molar-refractivity contribution is 6.06. The summed E-state index contributed by atoms with van der Waals surface area (Å²) in [5, 5.41) is 14.0. The lowest BCUT2D eigenvalue weighted by Gasteiger charge is -2.19. The van der Waals surface area contributed by atoms with Crippen LogP contribution in [0.3, 0.4) is 0 Å². The molecular weight excluding hydrogens is 496 g/mol. The lowest BCUT2D eigenvalue weighted by atomic mass is 9.86. The number of carbonyl (C=O) groups is 3. The van der Waals surface area contributed by atoms with E-state index < -0.39 is 0 Å². The number of amides is 3. The summed E-state index contributed by atoms with van der Waals surface area (Å²) < 4.78 is 7.06. The van der Waals surface area contributed by atoms with Gasteiger partial charge in [-0.05, 0) is 41.7 Å². The molecule has 0 bridgehead atoms. The quantitative estimate of drug-likeness (QED) is 0.490. The van der Waals surface area contributed by atoms with Gasteiger partial charge in [0, 0.05) is 37.1 Å². The van der Waals surface area contributed by atoms with Gasteiger partial charge in [0.1, 0.15) is 5.75 Å². The van der Waals surface area contributed by atoms with E-state index in [1.165, 1.54) is 11.8 Å². The number of aromatic nitrogens is 3. The van der Waals surface area contributed by atoms with E-state index in [4.69, 9.17) is 4.74 Å². The van der Waals surface area contributed by atoms with Crippen molar-refractivity contribution in [1.29, 1.82) is 0 Å². The molecule has 0 unspecified atom stereocenters. The van der Waals surface area contributed by atoms with Crippen LogP contribution < -0.4 is 20.3 Å². The van der Waals surface area contributed by atoms with E-state index in [1.54, 1.807) is 36.2 Å². The topological polar surface area (TPSA) is 118 Å². The number of aryl methyl sites for hydroxylation is 1. The SMILES string of the molecule is COc1cc2c(cc1NC(=O)c1ccc(C)c(-n3cc(C(=O)NCC(C)(C)C)nn3)c1)C(C)(C)CN2C(C)=O. The Morgan fingerprint density at radius 1 is 1.08 bits per heavy atom. The third kappa shape index (κ3) is 5.79. The van der Waals surface area contributed by atoms with Gasteiger partial charge in [0.05, 0.1) is 30.4 Å². The molecule has 39 heavy (non-hydrogen) atoms. The van der Waals surface area contributed by atoms with Crippen molar-refractivity contribution in [2.24, 2.45) is 5.41 Å². The van der Waals surface area contributed by atoms with Crippen molar-refractivity contribution in [3.05, 3.63) is 58.9 Å². The Morgan fingerprint density at radius 3 is 2.44 bits per heavy atom. The van der Waals surface area contributed by atoms with Gasteiger partial charge in [0.2, 0.25) is 5.91 Å². The smallest absolute Gasteiger partial charge is 0.273 e. The van der Waals surface area contributed by atoms with Crippen LogP contribution in [0.1, 0.15) is 73.5 Å². The normalized spacial score (nSPS) is 14.1. The van der Waals surface area contributed by atoms with E-state index in [-0.39, 0.29) is 34.2 Å². The molecule has 0 atom stereocenters. The number of hydrogen-bond acceptors (Lipinski definition) is 6. The fraction of sp³-hybridized carbons (Fsp3) is 0.414. The first kappa shape index (κ1) is 27.8. The predicted molar refractivity (Wildman–Crippen MR) is 150 cm³/mol. The molecule has 2 N–H and O–H groups in total. The van der Waals surface area contributed by atoms with Crippen LogP contribution in [0.25, 0.3) is 5.69 Å². The number of fused-ring (bicyclic) bond motifs is 1. The average Bonchev–Trinajstić information content (AvgIpc) is 3.45. The van der Waals surface area contributed by atoms with Gasteiger partial charge in [0.15, 0.2) is 5.69 Å². The number of carbonyl (C=O) groups excluding carboxylic acids is 3. The number of benzene rings is 2. The van der Waals surface area contributed by atoms with Crippen molar-refractivity contribution < 1.29 is 19.1 Å². The first-order chi connectivity index (χ1) is 18.2. The second-order valence-corrected chi connectivity index (χ2v) is 11.8. The first-order valence-corrected chi connectivity index (χ1v) is 12.8. The Labute approximate surface area is 228 Å². The number of ether oxygens (including phenoxy) is 1. The molecule has 3 amide bonds. The number of nitrogens with one attached hydrogen (secondary N) is 2. The summed E-state index contributed by atoms with van der Waals surface area (Å²) in [4.78, 5) is 39.8. The maximum absolute atomic E-state index is 13.4. The average molecular weight is 533 g/mol. The number of hydrogen-bond donors (Lipinski definition) is 2. The Hall–Kier alpha value is -4.21. The summed E-state index contributed by atoms with van der Waals surface area (Å²) >= 11 is 0. The molecule has 0 spiro atoms. The van der Waals surface area contributed by atoms with Crippen molar-refractivity contribution in [2.45, 2.75) is 53.9 Å².